The Bertz CT molecular complexity index is 752. The van der Waals surface area contributed by atoms with Gasteiger partial charge in [0.1, 0.15) is 5.69 Å². The highest BCUT2D eigenvalue weighted by molar-refractivity contribution is 5.92. The van der Waals surface area contributed by atoms with E-state index >= 15 is 0 Å². The van der Waals surface area contributed by atoms with E-state index in [0.717, 1.165) is 50.6 Å². The molecule has 1 aromatic heterocycles. The Morgan fingerprint density at radius 2 is 1.96 bits per heavy atom. The summed E-state index contributed by atoms with van der Waals surface area (Å²) in [7, 11) is 0. The molecule has 6 nitrogen and oxygen atoms in total. The molecule has 1 aromatic carbocycles. The van der Waals surface area contributed by atoms with Crippen LogP contribution >= 0.6 is 0 Å². The van der Waals surface area contributed by atoms with Crippen molar-refractivity contribution in [2.45, 2.75) is 13.3 Å². The number of piperazine rings is 1. The molecule has 6 heteroatoms. The van der Waals surface area contributed by atoms with Crippen molar-refractivity contribution < 1.29 is 14.3 Å². The first-order valence-corrected chi connectivity index (χ1v) is 9.22. The average Bonchev–Trinajstić information content (AvgIpc) is 3.33. The lowest BCUT2D eigenvalue weighted by atomic mass is 10.00. The molecule has 1 fully saturated rings. The number of benzene rings is 1. The van der Waals surface area contributed by atoms with Crippen LogP contribution in [0.5, 0.6) is 11.5 Å². The fraction of sp³-hybridized carbons (Fsp3) is 0.450. The number of hydrogen-bond donors (Lipinski definition) is 1. The zero-order chi connectivity index (χ0) is 17.9. The number of amides is 1. The van der Waals surface area contributed by atoms with E-state index in [9.17, 15) is 4.79 Å². The van der Waals surface area contributed by atoms with Crippen LogP contribution in [0.4, 0.5) is 0 Å². The zero-order valence-corrected chi connectivity index (χ0v) is 15.1. The van der Waals surface area contributed by atoms with Gasteiger partial charge in [-0.1, -0.05) is 13.0 Å². The monoisotopic (exact) mass is 355 g/mol. The lowest BCUT2D eigenvalue weighted by Gasteiger charge is -2.35. The third kappa shape index (κ3) is 3.70. The highest BCUT2D eigenvalue weighted by atomic mass is 16.7. The second-order valence-electron chi connectivity index (χ2n) is 7.17. The van der Waals surface area contributed by atoms with Gasteiger partial charge >= 0.3 is 0 Å². The summed E-state index contributed by atoms with van der Waals surface area (Å²) in [5.41, 5.74) is 1.96. The molecule has 0 aliphatic carbocycles. The number of ether oxygens (including phenoxy) is 2. The van der Waals surface area contributed by atoms with Crippen molar-refractivity contribution in [2.24, 2.45) is 5.92 Å². The van der Waals surface area contributed by atoms with Crippen LogP contribution in [0, 0.1) is 5.92 Å². The minimum absolute atomic E-state index is 0.100. The zero-order valence-electron chi connectivity index (χ0n) is 15.1. The maximum Gasteiger partial charge on any atom is 0.270 e. The lowest BCUT2D eigenvalue weighted by molar-refractivity contribution is 0.0615. The Morgan fingerprint density at radius 1 is 1.15 bits per heavy atom. The number of nitrogens with one attached hydrogen (secondary N) is 1. The average molecular weight is 355 g/mol. The topological polar surface area (TPSA) is 57.8 Å². The fourth-order valence-corrected chi connectivity index (χ4v) is 3.74. The summed E-state index contributed by atoms with van der Waals surface area (Å²) in [6, 6.07) is 9.90. The number of fused-ring (bicyclic) bond motifs is 1. The summed E-state index contributed by atoms with van der Waals surface area (Å²) in [4.78, 5) is 19.8. The number of nitrogens with zero attached hydrogens (tertiary/aromatic N) is 2. The highest BCUT2D eigenvalue weighted by Gasteiger charge is 2.23. The molecular formula is C20H25N3O3. The van der Waals surface area contributed by atoms with Gasteiger partial charge in [-0.05, 0) is 42.2 Å². The Kier molecular flexibility index (Phi) is 4.84. The minimum atomic E-state index is 0.100. The molecule has 138 valence electrons. The van der Waals surface area contributed by atoms with Crippen LogP contribution in [0.25, 0.3) is 0 Å². The van der Waals surface area contributed by atoms with Crippen LogP contribution in [-0.4, -0.2) is 60.2 Å². The first-order valence-electron chi connectivity index (χ1n) is 9.22. The van der Waals surface area contributed by atoms with Gasteiger partial charge in [0.05, 0.1) is 0 Å². The van der Waals surface area contributed by atoms with Crippen LogP contribution in [0.1, 0.15) is 23.0 Å². The van der Waals surface area contributed by atoms with E-state index in [1.54, 1.807) is 6.20 Å². The molecule has 2 aliphatic rings. The molecule has 1 atom stereocenters. The van der Waals surface area contributed by atoms with Crippen molar-refractivity contribution in [3.8, 4) is 11.5 Å². The molecule has 0 radical (unpaired) electrons. The fourth-order valence-electron chi connectivity index (χ4n) is 3.74. The van der Waals surface area contributed by atoms with E-state index in [4.69, 9.17) is 9.47 Å². The molecular weight excluding hydrogens is 330 g/mol. The molecule has 2 aromatic rings. The minimum Gasteiger partial charge on any atom is -0.454 e. The summed E-state index contributed by atoms with van der Waals surface area (Å²) >= 11 is 0. The van der Waals surface area contributed by atoms with E-state index in [2.05, 4.69) is 28.9 Å². The van der Waals surface area contributed by atoms with Gasteiger partial charge in [-0.2, -0.15) is 0 Å². The van der Waals surface area contributed by atoms with E-state index < -0.39 is 0 Å². The van der Waals surface area contributed by atoms with Crippen molar-refractivity contribution in [3.05, 3.63) is 47.8 Å². The Labute approximate surface area is 153 Å². The molecule has 2 aliphatic heterocycles. The van der Waals surface area contributed by atoms with Gasteiger partial charge in [-0.25, -0.2) is 0 Å². The van der Waals surface area contributed by atoms with Gasteiger partial charge in [0.15, 0.2) is 11.5 Å². The standard InChI is InChI=1S/C20H25N3O3/c1-15(11-16-4-5-18-19(12-16)26-14-25-18)13-22-7-9-23(10-8-22)20(24)17-3-2-6-21-17/h2-6,12,15,21H,7-11,13-14H2,1H3/t15-/m1/s1. The molecule has 0 unspecified atom stereocenters. The summed E-state index contributed by atoms with van der Waals surface area (Å²) < 4.78 is 10.8. The quantitative estimate of drug-likeness (QED) is 0.895. The third-order valence-electron chi connectivity index (χ3n) is 5.08. The molecule has 1 saturated heterocycles. The molecule has 1 N–H and O–H groups in total. The number of carbonyl (C=O) groups excluding carboxylic acids is 1. The summed E-state index contributed by atoms with van der Waals surface area (Å²) in [6.45, 7) is 7.07. The largest absolute Gasteiger partial charge is 0.454 e. The number of carbonyl (C=O) groups is 1. The van der Waals surface area contributed by atoms with Gasteiger partial charge in [0.25, 0.3) is 5.91 Å². The van der Waals surface area contributed by atoms with Crippen LogP contribution in [0.3, 0.4) is 0 Å². The number of aromatic nitrogens is 1. The third-order valence-corrected chi connectivity index (χ3v) is 5.08. The summed E-state index contributed by atoms with van der Waals surface area (Å²) in [5, 5.41) is 0. The molecule has 0 spiro atoms. The SMILES string of the molecule is C[C@H](Cc1ccc2c(c1)OCO2)CN1CCN(C(=O)c2ccc[nH]2)CC1. The van der Waals surface area contributed by atoms with Crippen molar-refractivity contribution in [3.63, 3.8) is 0 Å². The number of hydrogen-bond acceptors (Lipinski definition) is 4. The lowest BCUT2D eigenvalue weighted by Crippen LogP contribution is -2.49. The first kappa shape index (κ1) is 17.0. The van der Waals surface area contributed by atoms with Gasteiger partial charge < -0.3 is 19.4 Å². The smallest absolute Gasteiger partial charge is 0.270 e. The Balaban J connectivity index is 1.25. The van der Waals surface area contributed by atoms with Crippen molar-refractivity contribution in [1.29, 1.82) is 0 Å². The van der Waals surface area contributed by atoms with Gasteiger partial charge in [0.2, 0.25) is 6.79 Å². The van der Waals surface area contributed by atoms with E-state index in [1.807, 2.05) is 23.1 Å². The molecule has 3 heterocycles. The van der Waals surface area contributed by atoms with Crippen molar-refractivity contribution in [2.75, 3.05) is 39.5 Å². The molecule has 4 rings (SSSR count). The first-order chi connectivity index (χ1) is 12.7. The maximum absolute atomic E-state index is 12.4. The Hall–Kier alpha value is -2.47. The van der Waals surface area contributed by atoms with E-state index in [1.165, 1.54) is 5.56 Å². The molecule has 26 heavy (non-hydrogen) atoms. The van der Waals surface area contributed by atoms with Gasteiger partial charge in [-0.3, -0.25) is 9.69 Å². The van der Waals surface area contributed by atoms with E-state index in [0.29, 0.717) is 18.4 Å². The number of aromatic amines is 1. The normalized spacial score (nSPS) is 18.1. The van der Waals surface area contributed by atoms with Crippen LogP contribution < -0.4 is 9.47 Å². The predicted molar refractivity (Wildman–Crippen MR) is 98.6 cm³/mol. The molecule has 0 saturated carbocycles. The summed E-state index contributed by atoms with van der Waals surface area (Å²) in [5.74, 6) is 2.33. The van der Waals surface area contributed by atoms with Crippen molar-refractivity contribution >= 4 is 5.91 Å². The second kappa shape index (κ2) is 7.41. The molecule has 1 amide bonds. The van der Waals surface area contributed by atoms with Gasteiger partial charge in [0, 0.05) is 38.9 Å². The van der Waals surface area contributed by atoms with Crippen molar-refractivity contribution in [1.82, 2.24) is 14.8 Å². The predicted octanol–water partition coefficient (Wildman–Crippen LogP) is 2.38. The van der Waals surface area contributed by atoms with E-state index in [-0.39, 0.29) is 5.91 Å². The maximum atomic E-state index is 12.4. The molecule has 0 bridgehead atoms. The van der Waals surface area contributed by atoms with Gasteiger partial charge in [-0.15, -0.1) is 0 Å². The van der Waals surface area contributed by atoms with Crippen LogP contribution in [-0.2, 0) is 6.42 Å². The number of H-pyrrole nitrogens is 1. The highest BCUT2D eigenvalue weighted by Crippen LogP contribution is 2.33. The number of rotatable bonds is 5. The second-order valence-corrected chi connectivity index (χ2v) is 7.17. The van der Waals surface area contributed by atoms with Crippen LogP contribution in [0.15, 0.2) is 36.5 Å². The van der Waals surface area contributed by atoms with Crippen LogP contribution in [0.2, 0.25) is 0 Å². The summed E-state index contributed by atoms with van der Waals surface area (Å²) in [6.07, 6.45) is 2.81. The Morgan fingerprint density at radius 3 is 2.73 bits per heavy atom.